The highest BCUT2D eigenvalue weighted by Crippen LogP contribution is 2.53. The fraction of sp³-hybridized carbons (Fsp3) is 0.619. The van der Waals surface area contributed by atoms with Gasteiger partial charge < -0.3 is 4.90 Å². The van der Waals surface area contributed by atoms with Crippen LogP contribution in [0.4, 0.5) is 0 Å². The van der Waals surface area contributed by atoms with Crippen LogP contribution in [0.1, 0.15) is 55.7 Å². The van der Waals surface area contributed by atoms with Gasteiger partial charge in [-0.25, -0.2) is 0 Å². The van der Waals surface area contributed by atoms with Gasteiger partial charge in [-0.15, -0.1) is 6.58 Å². The fourth-order valence-corrected chi connectivity index (χ4v) is 5.26. The average Bonchev–Trinajstić information content (AvgIpc) is 2.54. The van der Waals surface area contributed by atoms with E-state index in [1.54, 1.807) is 11.1 Å². The molecule has 0 unspecified atom stereocenters. The topological polar surface area (TPSA) is 3.24 Å². The van der Waals surface area contributed by atoms with Crippen LogP contribution in [-0.2, 0) is 18.3 Å². The first-order valence-corrected chi connectivity index (χ1v) is 9.02. The van der Waals surface area contributed by atoms with E-state index in [1.807, 2.05) is 6.08 Å². The summed E-state index contributed by atoms with van der Waals surface area (Å²) in [6, 6.07) is 7.95. The van der Waals surface area contributed by atoms with Gasteiger partial charge in [-0.2, -0.15) is 0 Å². The van der Waals surface area contributed by atoms with Crippen LogP contribution in [0.15, 0.2) is 30.9 Å². The quantitative estimate of drug-likeness (QED) is 0.726. The first-order valence-electron chi connectivity index (χ1n) is 9.02. The highest BCUT2D eigenvalue weighted by Gasteiger charge is 2.48. The molecule has 0 aromatic heterocycles. The van der Waals surface area contributed by atoms with E-state index in [0.717, 1.165) is 12.3 Å². The Labute approximate surface area is 136 Å². The van der Waals surface area contributed by atoms with Crippen LogP contribution in [0.25, 0.3) is 0 Å². The van der Waals surface area contributed by atoms with Gasteiger partial charge in [0, 0.05) is 6.04 Å². The predicted molar refractivity (Wildman–Crippen MR) is 95.4 cm³/mol. The Morgan fingerprint density at radius 1 is 1.32 bits per heavy atom. The summed E-state index contributed by atoms with van der Waals surface area (Å²) in [6.07, 6.45) is 11.1. The summed E-state index contributed by atoms with van der Waals surface area (Å²) in [5.41, 5.74) is 5.13. The van der Waals surface area contributed by atoms with Gasteiger partial charge in [0.1, 0.15) is 0 Å². The molecule has 0 bridgehead atoms. The van der Waals surface area contributed by atoms with Crippen molar-refractivity contribution in [3.63, 3.8) is 0 Å². The maximum absolute atomic E-state index is 3.92. The number of allylic oxidation sites excluding steroid dienone is 1. The molecule has 1 saturated carbocycles. The van der Waals surface area contributed by atoms with Gasteiger partial charge in [-0.3, -0.25) is 0 Å². The summed E-state index contributed by atoms with van der Waals surface area (Å²) >= 11 is 0. The van der Waals surface area contributed by atoms with Crippen LogP contribution < -0.4 is 0 Å². The molecule has 2 aliphatic rings. The molecular formula is C21H31N. The minimum Gasteiger partial charge on any atom is -0.306 e. The Kier molecular flexibility index (Phi) is 4.45. The molecule has 0 heterocycles. The van der Waals surface area contributed by atoms with E-state index in [9.17, 15) is 0 Å². The lowest BCUT2D eigenvalue weighted by molar-refractivity contribution is 0.0682. The van der Waals surface area contributed by atoms with Gasteiger partial charge in [-0.1, -0.05) is 44.0 Å². The monoisotopic (exact) mass is 297 g/mol. The van der Waals surface area contributed by atoms with Crippen molar-refractivity contribution < 1.29 is 0 Å². The number of benzene rings is 1. The van der Waals surface area contributed by atoms with E-state index in [2.05, 4.69) is 50.7 Å². The average molecular weight is 297 g/mol. The fourth-order valence-electron chi connectivity index (χ4n) is 5.26. The number of hydrogen-bond acceptors (Lipinski definition) is 1. The maximum atomic E-state index is 3.92. The summed E-state index contributed by atoms with van der Waals surface area (Å²) < 4.78 is 0. The van der Waals surface area contributed by atoms with Crippen molar-refractivity contribution in [3.8, 4) is 0 Å². The zero-order valence-electron chi connectivity index (χ0n) is 14.6. The molecular weight excluding hydrogens is 266 g/mol. The molecule has 0 saturated heterocycles. The standard InChI is InChI=1S/C21H31N/c1-5-9-16-11-12-17-15-20(22(3)4)18-10-7-8-13-21(18,6-2)19(17)14-16/h5,11-12,14,18,20H,1,6-10,13,15H2,2-4H3/t18-,20+,21-/m1/s1. The van der Waals surface area contributed by atoms with Crippen LogP contribution in [0, 0.1) is 5.92 Å². The molecule has 1 fully saturated rings. The molecule has 120 valence electrons. The second-order valence-corrected chi connectivity index (χ2v) is 7.58. The lowest BCUT2D eigenvalue weighted by Gasteiger charge is -2.53. The maximum Gasteiger partial charge on any atom is 0.0166 e. The highest BCUT2D eigenvalue weighted by molar-refractivity contribution is 5.43. The third-order valence-electron chi connectivity index (χ3n) is 6.38. The third-order valence-corrected chi connectivity index (χ3v) is 6.38. The minimum absolute atomic E-state index is 0.415. The Balaban J connectivity index is 2.12. The molecule has 0 amide bonds. The van der Waals surface area contributed by atoms with E-state index in [-0.39, 0.29) is 0 Å². The largest absolute Gasteiger partial charge is 0.306 e. The Bertz CT molecular complexity index is 545. The second kappa shape index (κ2) is 6.20. The molecule has 3 atom stereocenters. The molecule has 22 heavy (non-hydrogen) atoms. The Morgan fingerprint density at radius 3 is 2.82 bits per heavy atom. The number of nitrogens with zero attached hydrogens (tertiary/aromatic N) is 1. The molecule has 2 aliphatic carbocycles. The summed E-state index contributed by atoms with van der Waals surface area (Å²) in [7, 11) is 4.55. The first kappa shape index (κ1) is 15.8. The van der Waals surface area contributed by atoms with Crippen LogP contribution in [0.2, 0.25) is 0 Å². The number of fused-ring (bicyclic) bond motifs is 3. The van der Waals surface area contributed by atoms with Gasteiger partial charge in [-0.05, 0) is 74.2 Å². The minimum atomic E-state index is 0.415. The van der Waals surface area contributed by atoms with Crippen molar-refractivity contribution in [2.45, 2.75) is 63.3 Å². The molecule has 0 spiro atoms. The van der Waals surface area contributed by atoms with E-state index < -0.39 is 0 Å². The molecule has 0 N–H and O–H groups in total. The normalized spacial score (nSPS) is 30.7. The zero-order chi connectivity index (χ0) is 15.7. The summed E-state index contributed by atoms with van der Waals surface area (Å²) in [5, 5.41) is 0. The van der Waals surface area contributed by atoms with Crippen molar-refractivity contribution in [2.24, 2.45) is 5.92 Å². The lowest BCUT2D eigenvalue weighted by Crippen LogP contribution is -2.53. The zero-order valence-corrected chi connectivity index (χ0v) is 14.6. The summed E-state index contributed by atoms with van der Waals surface area (Å²) in [6.45, 7) is 6.33. The Morgan fingerprint density at radius 2 is 2.14 bits per heavy atom. The molecule has 1 nitrogen and oxygen atoms in total. The van der Waals surface area contributed by atoms with Crippen molar-refractivity contribution in [1.29, 1.82) is 0 Å². The SMILES string of the molecule is C=CCc1ccc2c(c1)[C@]1(CC)CCCC[C@@H]1[C@@H](N(C)C)C2. The molecule has 1 aromatic rings. The molecule has 1 heteroatoms. The molecule has 0 radical (unpaired) electrons. The lowest BCUT2D eigenvalue weighted by atomic mass is 9.54. The third kappa shape index (κ3) is 2.44. The summed E-state index contributed by atoms with van der Waals surface area (Å²) in [4.78, 5) is 2.49. The predicted octanol–water partition coefficient (Wildman–Crippen LogP) is 4.74. The molecule has 3 rings (SSSR count). The van der Waals surface area contributed by atoms with Crippen LogP contribution in [-0.4, -0.2) is 25.0 Å². The Hall–Kier alpha value is -1.08. The van der Waals surface area contributed by atoms with Crippen molar-refractivity contribution >= 4 is 0 Å². The van der Waals surface area contributed by atoms with E-state index >= 15 is 0 Å². The van der Waals surface area contributed by atoms with E-state index in [4.69, 9.17) is 0 Å². The van der Waals surface area contributed by atoms with Gasteiger partial charge in [0.2, 0.25) is 0 Å². The molecule has 0 aliphatic heterocycles. The van der Waals surface area contributed by atoms with E-state index in [0.29, 0.717) is 11.5 Å². The summed E-state index contributed by atoms with van der Waals surface area (Å²) in [5.74, 6) is 0.827. The van der Waals surface area contributed by atoms with Crippen molar-refractivity contribution in [1.82, 2.24) is 4.90 Å². The van der Waals surface area contributed by atoms with Gasteiger partial charge in [0.05, 0.1) is 0 Å². The van der Waals surface area contributed by atoms with Crippen LogP contribution >= 0.6 is 0 Å². The van der Waals surface area contributed by atoms with Gasteiger partial charge >= 0.3 is 0 Å². The first-order chi connectivity index (χ1) is 10.6. The second-order valence-electron chi connectivity index (χ2n) is 7.58. The smallest absolute Gasteiger partial charge is 0.0166 e. The van der Waals surface area contributed by atoms with Gasteiger partial charge in [0.25, 0.3) is 0 Å². The number of likely N-dealkylation sites (N-methyl/N-ethyl adjacent to an activating group) is 1. The molecule has 1 aromatic carbocycles. The number of hydrogen-bond donors (Lipinski definition) is 0. The van der Waals surface area contributed by atoms with Crippen molar-refractivity contribution in [2.75, 3.05) is 14.1 Å². The van der Waals surface area contributed by atoms with Gasteiger partial charge in [0.15, 0.2) is 0 Å². The van der Waals surface area contributed by atoms with Crippen LogP contribution in [0.5, 0.6) is 0 Å². The van der Waals surface area contributed by atoms with E-state index in [1.165, 1.54) is 44.1 Å². The highest BCUT2D eigenvalue weighted by atomic mass is 15.1. The van der Waals surface area contributed by atoms with Crippen molar-refractivity contribution in [3.05, 3.63) is 47.5 Å². The number of rotatable bonds is 4. The van der Waals surface area contributed by atoms with Crippen LogP contribution in [0.3, 0.4) is 0 Å².